The van der Waals surface area contributed by atoms with Crippen LogP contribution in [0.5, 0.6) is 0 Å². The molecule has 0 N–H and O–H groups in total. The molecule has 24 heavy (non-hydrogen) atoms. The third-order valence-corrected chi connectivity index (χ3v) is 5.02. The van der Waals surface area contributed by atoms with Crippen molar-refractivity contribution in [1.82, 2.24) is 0 Å². The average Bonchev–Trinajstić information content (AvgIpc) is 2.63. The predicted octanol–water partition coefficient (Wildman–Crippen LogP) is 6.80. The van der Waals surface area contributed by atoms with Gasteiger partial charge in [-0.1, -0.05) is 61.9 Å². The Bertz CT molecular complexity index is 489. The van der Waals surface area contributed by atoms with Crippen LogP contribution in [0.25, 0.3) is 0 Å². The number of benzene rings is 1. The molecule has 1 saturated carbocycles. The average molecular weight is 327 g/mol. The van der Waals surface area contributed by atoms with E-state index < -0.39 is 0 Å². The van der Waals surface area contributed by atoms with Gasteiger partial charge in [-0.05, 0) is 68.4 Å². The molecule has 1 nitrogen and oxygen atoms in total. The topological polar surface area (TPSA) is 9.23 Å². The van der Waals surface area contributed by atoms with Crippen molar-refractivity contribution in [3.8, 4) is 0 Å². The van der Waals surface area contributed by atoms with Gasteiger partial charge in [-0.15, -0.1) is 0 Å². The molecule has 0 saturated heterocycles. The van der Waals surface area contributed by atoms with Crippen molar-refractivity contribution < 1.29 is 4.74 Å². The molecule has 0 amide bonds. The molecule has 0 atom stereocenters. The number of ether oxygens (including phenoxy) is 1. The van der Waals surface area contributed by atoms with Gasteiger partial charge in [0.15, 0.2) is 0 Å². The van der Waals surface area contributed by atoms with Crippen LogP contribution in [0.1, 0.15) is 75.8 Å². The number of allylic oxidation sites excluding steroid dienone is 3. The molecule has 0 spiro atoms. The molecule has 0 aromatic heterocycles. The van der Waals surface area contributed by atoms with Crippen molar-refractivity contribution >= 4 is 0 Å². The van der Waals surface area contributed by atoms with Crippen molar-refractivity contribution in [2.24, 2.45) is 5.92 Å². The van der Waals surface area contributed by atoms with Gasteiger partial charge in [0.1, 0.15) is 0 Å². The van der Waals surface area contributed by atoms with Crippen LogP contribution in [-0.2, 0) is 11.3 Å². The molecule has 1 fully saturated rings. The highest BCUT2D eigenvalue weighted by molar-refractivity contribution is 5.25. The first kappa shape index (κ1) is 19.0. The monoisotopic (exact) mass is 326 g/mol. The van der Waals surface area contributed by atoms with Crippen molar-refractivity contribution in [2.45, 2.75) is 71.3 Å². The molecule has 0 unspecified atom stereocenters. The fraction of sp³-hybridized carbons (Fsp3) is 0.565. The summed E-state index contributed by atoms with van der Waals surface area (Å²) in [6.45, 7) is 5.83. The highest BCUT2D eigenvalue weighted by Gasteiger charge is 2.20. The largest absolute Gasteiger partial charge is 0.376 e. The zero-order valence-electron chi connectivity index (χ0n) is 15.5. The maximum Gasteiger partial charge on any atom is 0.0717 e. The fourth-order valence-corrected chi connectivity index (χ4v) is 3.49. The molecule has 0 bridgehead atoms. The smallest absolute Gasteiger partial charge is 0.0717 e. The zero-order valence-corrected chi connectivity index (χ0v) is 15.5. The van der Waals surface area contributed by atoms with Crippen LogP contribution < -0.4 is 0 Å². The van der Waals surface area contributed by atoms with Crippen LogP contribution in [0.2, 0.25) is 0 Å². The van der Waals surface area contributed by atoms with E-state index in [1.807, 2.05) is 6.92 Å². The lowest BCUT2D eigenvalue weighted by Crippen LogP contribution is -2.11. The van der Waals surface area contributed by atoms with Gasteiger partial charge >= 0.3 is 0 Å². The van der Waals surface area contributed by atoms with Crippen LogP contribution in [-0.4, -0.2) is 6.61 Å². The van der Waals surface area contributed by atoms with Gasteiger partial charge in [0.05, 0.1) is 13.2 Å². The molecule has 1 heteroatoms. The standard InChI is InChI=1S/C23H34O/c1-3-5-7-9-20-10-14-22(15-11-20)23-16-12-21(13-17-23)19-24-18-8-6-4-2/h4,6-7,9,12-13,16-17,20,22H,3,5,8,10-11,14-15,18-19H2,1-2H3/b6-4+,9-7+. The van der Waals surface area contributed by atoms with E-state index in [2.05, 4.69) is 55.5 Å². The summed E-state index contributed by atoms with van der Waals surface area (Å²) in [6.07, 6.45) is 17.9. The normalized spacial score (nSPS) is 21.8. The van der Waals surface area contributed by atoms with Crippen LogP contribution >= 0.6 is 0 Å². The van der Waals surface area contributed by atoms with E-state index in [0.717, 1.165) is 31.5 Å². The van der Waals surface area contributed by atoms with E-state index in [4.69, 9.17) is 4.74 Å². The van der Waals surface area contributed by atoms with Crippen LogP contribution in [0, 0.1) is 5.92 Å². The van der Waals surface area contributed by atoms with Crippen molar-refractivity contribution in [3.05, 3.63) is 59.7 Å². The van der Waals surface area contributed by atoms with E-state index >= 15 is 0 Å². The summed E-state index contributed by atoms with van der Waals surface area (Å²) in [5.41, 5.74) is 2.80. The van der Waals surface area contributed by atoms with Crippen molar-refractivity contribution in [1.29, 1.82) is 0 Å². The SMILES string of the molecule is C/C=C/CCOCc1ccc(C2CCC(/C=C/CCC)CC2)cc1. The number of hydrogen-bond acceptors (Lipinski definition) is 1. The van der Waals surface area contributed by atoms with Gasteiger partial charge in [-0.25, -0.2) is 0 Å². The summed E-state index contributed by atoms with van der Waals surface area (Å²) in [5, 5.41) is 0. The van der Waals surface area contributed by atoms with E-state index in [-0.39, 0.29) is 0 Å². The van der Waals surface area contributed by atoms with Crippen LogP contribution in [0.15, 0.2) is 48.6 Å². The molecule has 0 aliphatic heterocycles. The second-order valence-electron chi connectivity index (χ2n) is 6.98. The van der Waals surface area contributed by atoms with Crippen molar-refractivity contribution in [2.75, 3.05) is 6.61 Å². The molecule has 1 aromatic carbocycles. The highest BCUT2D eigenvalue weighted by atomic mass is 16.5. The molecule has 1 aliphatic carbocycles. The van der Waals surface area contributed by atoms with Gasteiger partial charge < -0.3 is 4.74 Å². The van der Waals surface area contributed by atoms with Gasteiger partial charge in [0.2, 0.25) is 0 Å². The van der Waals surface area contributed by atoms with Crippen LogP contribution in [0.4, 0.5) is 0 Å². The first-order valence-electron chi connectivity index (χ1n) is 9.77. The minimum Gasteiger partial charge on any atom is -0.376 e. The molecule has 1 aliphatic rings. The molecule has 1 aromatic rings. The second-order valence-corrected chi connectivity index (χ2v) is 6.98. The van der Waals surface area contributed by atoms with Gasteiger partial charge in [-0.3, -0.25) is 0 Å². The summed E-state index contributed by atoms with van der Waals surface area (Å²) < 4.78 is 5.71. The van der Waals surface area contributed by atoms with E-state index in [9.17, 15) is 0 Å². The van der Waals surface area contributed by atoms with E-state index in [1.165, 1.54) is 49.7 Å². The Kier molecular flexibility index (Phi) is 8.91. The van der Waals surface area contributed by atoms with Crippen molar-refractivity contribution in [3.63, 3.8) is 0 Å². The highest BCUT2D eigenvalue weighted by Crippen LogP contribution is 2.36. The first-order chi connectivity index (χ1) is 11.8. The third kappa shape index (κ3) is 6.65. The summed E-state index contributed by atoms with van der Waals surface area (Å²) >= 11 is 0. The zero-order chi connectivity index (χ0) is 17.0. The molecule has 132 valence electrons. The quantitative estimate of drug-likeness (QED) is 0.358. The minimum atomic E-state index is 0.729. The lowest BCUT2D eigenvalue weighted by Gasteiger charge is -2.27. The molecule has 0 radical (unpaired) electrons. The summed E-state index contributed by atoms with van der Waals surface area (Å²) in [5.74, 6) is 1.57. The number of rotatable bonds is 9. The van der Waals surface area contributed by atoms with E-state index in [1.54, 1.807) is 0 Å². The van der Waals surface area contributed by atoms with Crippen LogP contribution in [0.3, 0.4) is 0 Å². The fourth-order valence-electron chi connectivity index (χ4n) is 3.49. The Morgan fingerprint density at radius 1 is 1.00 bits per heavy atom. The molecule has 2 rings (SSSR count). The number of hydrogen-bond donors (Lipinski definition) is 0. The van der Waals surface area contributed by atoms with Gasteiger partial charge in [0.25, 0.3) is 0 Å². The first-order valence-corrected chi connectivity index (χ1v) is 9.77. The molecule has 0 heterocycles. The number of unbranched alkanes of at least 4 members (excludes halogenated alkanes) is 1. The molecular weight excluding hydrogens is 292 g/mol. The summed E-state index contributed by atoms with van der Waals surface area (Å²) in [6, 6.07) is 9.14. The Hall–Kier alpha value is -1.34. The van der Waals surface area contributed by atoms with E-state index in [0.29, 0.717) is 0 Å². The second kappa shape index (κ2) is 11.3. The third-order valence-electron chi connectivity index (χ3n) is 5.02. The molecular formula is C23H34O. The Morgan fingerprint density at radius 2 is 1.75 bits per heavy atom. The Labute approximate surface area is 148 Å². The predicted molar refractivity (Wildman–Crippen MR) is 104 cm³/mol. The van der Waals surface area contributed by atoms with Gasteiger partial charge in [0, 0.05) is 0 Å². The summed E-state index contributed by atoms with van der Waals surface area (Å²) in [4.78, 5) is 0. The lowest BCUT2D eigenvalue weighted by atomic mass is 9.78. The Balaban J connectivity index is 1.73. The van der Waals surface area contributed by atoms with Gasteiger partial charge in [-0.2, -0.15) is 0 Å². The lowest BCUT2D eigenvalue weighted by molar-refractivity contribution is 0.125. The Morgan fingerprint density at radius 3 is 2.42 bits per heavy atom. The minimum absolute atomic E-state index is 0.729. The summed E-state index contributed by atoms with van der Waals surface area (Å²) in [7, 11) is 0. The maximum absolute atomic E-state index is 5.71. The maximum atomic E-state index is 5.71.